The van der Waals surface area contributed by atoms with Gasteiger partial charge >= 0.3 is 0 Å². The van der Waals surface area contributed by atoms with Crippen LogP contribution in [-0.2, 0) is 10.0 Å². The van der Waals surface area contributed by atoms with Gasteiger partial charge in [-0.25, -0.2) is 21.6 Å². The molecule has 5 nitrogen and oxygen atoms in total. The highest BCUT2D eigenvalue weighted by Gasteiger charge is 2.20. The van der Waals surface area contributed by atoms with Crippen LogP contribution in [-0.4, -0.2) is 20.4 Å². The van der Waals surface area contributed by atoms with Crippen molar-refractivity contribution in [2.24, 2.45) is 0 Å². The average molecular weight is 317 g/mol. The maximum Gasteiger partial charge on any atom is 0.265 e. The lowest BCUT2D eigenvalue weighted by atomic mass is 10.3. The van der Waals surface area contributed by atoms with E-state index in [0.717, 1.165) is 6.20 Å². The summed E-state index contributed by atoms with van der Waals surface area (Å²) in [6, 6.07) is 2.51. The predicted molar refractivity (Wildman–Crippen MR) is 70.9 cm³/mol. The summed E-state index contributed by atoms with van der Waals surface area (Å²) >= 11 is 0. The molecule has 1 heterocycles. The second-order valence-corrected chi connectivity index (χ2v) is 5.63. The van der Waals surface area contributed by atoms with Crippen LogP contribution >= 0.6 is 0 Å². The lowest BCUT2D eigenvalue weighted by molar-refractivity contribution is 0.448. The highest BCUT2D eigenvalue weighted by atomic mass is 32.2. The molecule has 2 N–H and O–H groups in total. The summed E-state index contributed by atoms with van der Waals surface area (Å²) in [4.78, 5) is 3.47. The normalized spacial score (nSPS) is 11.2. The number of pyridine rings is 1. The Balaban J connectivity index is 2.42. The van der Waals surface area contributed by atoms with Crippen LogP contribution in [0.4, 0.5) is 24.5 Å². The molecule has 112 valence electrons. The molecule has 0 fully saturated rings. The van der Waals surface area contributed by atoms with E-state index < -0.39 is 33.2 Å². The molecule has 2 aromatic rings. The van der Waals surface area contributed by atoms with Gasteiger partial charge in [0.25, 0.3) is 10.0 Å². The molecule has 0 saturated heterocycles. The van der Waals surface area contributed by atoms with Crippen LogP contribution in [0.1, 0.15) is 0 Å². The number of nitrogens with zero attached hydrogens (tertiary/aromatic N) is 1. The molecule has 0 saturated carbocycles. The van der Waals surface area contributed by atoms with Crippen molar-refractivity contribution in [3.8, 4) is 0 Å². The average Bonchev–Trinajstić information content (AvgIpc) is 2.44. The Labute approximate surface area is 118 Å². The molecule has 0 spiro atoms. The smallest absolute Gasteiger partial charge is 0.265 e. The predicted octanol–water partition coefficient (Wildman–Crippen LogP) is 2.34. The van der Waals surface area contributed by atoms with Gasteiger partial charge in [-0.2, -0.15) is 0 Å². The number of aromatic nitrogens is 1. The zero-order valence-electron chi connectivity index (χ0n) is 10.7. The Morgan fingerprint density at radius 3 is 2.33 bits per heavy atom. The molecule has 9 heteroatoms. The van der Waals surface area contributed by atoms with Crippen LogP contribution in [0.25, 0.3) is 0 Å². The second-order valence-electron chi connectivity index (χ2n) is 3.98. The first-order chi connectivity index (χ1) is 9.85. The van der Waals surface area contributed by atoms with Crippen LogP contribution in [0.2, 0.25) is 0 Å². The number of halogens is 3. The van der Waals surface area contributed by atoms with Gasteiger partial charge < -0.3 is 5.32 Å². The van der Waals surface area contributed by atoms with Gasteiger partial charge in [0.05, 0.1) is 11.4 Å². The molecule has 0 amide bonds. The molecule has 0 aliphatic carbocycles. The molecular weight excluding hydrogens is 307 g/mol. The van der Waals surface area contributed by atoms with Crippen molar-refractivity contribution in [2.45, 2.75) is 4.90 Å². The van der Waals surface area contributed by atoms with Crippen molar-refractivity contribution < 1.29 is 21.6 Å². The fourth-order valence-electron chi connectivity index (χ4n) is 1.63. The first-order valence-electron chi connectivity index (χ1n) is 5.64. The minimum atomic E-state index is -4.13. The largest absolute Gasteiger partial charge is 0.387 e. The lowest BCUT2D eigenvalue weighted by Crippen LogP contribution is -2.15. The molecule has 21 heavy (non-hydrogen) atoms. The minimum Gasteiger partial charge on any atom is -0.387 e. The number of hydrogen-bond acceptors (Lipinski definition) is 4. The number of sulfonamides is 1. The monoisotopic (exact) mass is 317 g/mol. The summed E-state index contributed by atoms with van der Waals surface area (Å²) in [6.07, 6.45) is 2.45. The van der Waals surface area contributed by atoms with E-state index in [1.54, 1.807) is 0 Å². The van der Waals surface area contributed by atoms with E-state index in [4.69, 9.17) is 0 Å². The van der Waals surface area contributed by atoms with E-state index in [-0.39, 0.29) is 10.6 Å². The van der Waals surface area contributed by atoms with E-state index in [1.165, 1.54) is 19.3 Å². The van der Waals surface area contributed by atoms with Crippen LogP contribution in [0.5, 0.6) is 0 Å². The summed E-state index contributed by atoms with van der Waals surface area (Å²) in [5.74, 6) is -4.66. The van der Waals surface area contributed by atoms with Crippen molar-refractivity contribution in [1.82, 2.24) is 4.98 Å². The molecule has 0 aliphatic rings. The van der Waals surface area contributed by atoms with Crippen LogP contribution < -0.4 is 10.0 Å². The Bertz CT molecular complexity index is 758. The highest BCUT2D eigenvalue weighted by molar-refractivity contribution is 7.92. The number of hydrogen-bond donors (Lipinski definition) is 2. The molecule has 1 aromatic heterocycles. The van der Waals surface area contributed by atoms with E-state index in [0.29, 0.717) is 12.1 Å². The third-order valence-electron chi connectivity index (χ3n) is 2.58. The number of benzene rings is 1. The van der Waals surface area contributed by atoms with Crippen molar-refractivity contribution in [3.63, 3.8) is 0 Å². The van der Waals surface area contributed by atoms with E-state index in [2.05, 4.69) is 10.3 Å². The summed E-state index contributed by atoms with van der Waals surface area (Å²) in [5, 5.41) is 2.65. The van der Waals surface area contributed by atoms with Crippen molar-refractivity contribution in [3.05, 3.63) is 48.0 Å². The van der Waals surface area contributed by atoms with Crippen LogP contribution in [0.15, 0.2) is 35.5 Å². The van der Waals surface area contributed by atoms with Gasteiger partial charge in [-0.15, -0.1) is 0 Å². The number of rotatable bonds is 4. The molecule has 1 aromatic carbocycles. The van der Waals surface area contributed by atoms with Gasteiger partial charge in [-0.1, -0.05) is 0 Å². The maximum atomic E-state index is 13.1. The Hall–Kier alpha value is -2.29. The summed E-state index contributed by atoms with van der Waals surface area (Å²) in [6.45, 7) is 0. The van der Waals surface area contributed by atoms with Gasteiger partial charge in [0, 0.05) is 31.6 Å². The van der Waals surface area contributed by atoms with Crippen LogP contribution in [0, 0.1) is 17.5 Å². The second kappa shape index (κ2) is 5.60. The SMILES string of the molecule is CNc1ccncc1S(=O)(=O)Nc1cc(F)c(F)c(F)c1. The third kappa shape index (κ3) is 3.07. The van der Waals surface area contributed by atoms with E-state index >= 15 is 0 Å². The van der Waals surface area contributed by atoms with Crippen molar-refractivity contribution >= 4 is 21.4 Å². The lowest BCUT2D eigenvalue weighted by Gasteiger charge is -2.11. The molecule has 0 radical (unpaired) electrons. The van der Waals surface area contributed by atoms with E-state index in [9.17, 15) is 21.6 Å². The standard InChI is InChI=1S/C12H10F3N3O2S/c1-16-10-2-3-17-6-11(10)21(19,20)18-7-4-8(13)12(15)9(14)5-7/h2-6,18H,1H3,(H,16,17). The van der Waals surface area contributed by atoms with Crippen molar-refractivity contribution in [2.75, 3.05) is 17.1 Å². The topological polar surface area (TPSA) is 71.1 Å². The van der Waals surface area contributed by atoms with Gasteiger partial charge in [-0.05, 0) is 6.07 Å². The van der Waals surface area contributed by atoms with Crippen LogP contribution in [0.3, 0.4) is 0 Å². The van der Waals surface area contributed by atoms with Crippen molar-refractivity contribution in [1.29, 1.82) is 0 Å². The Morgan fingerprint density at radius 1 is 1.14 bits per heavy atom. The Kier molecular flexibility index (Phi) is 4.03. The Morgan fingerprint density at radius 2 is 1.76 bits per heavy atom. The van der Waals surface area contributed by atoms with Gasteiger partial charge in [-0.3, -0.25) is 9.71 Å². The van der Waals surface area contributed by atoms with Gasteiger partial charge in [0.15, 0.2) is 17.5 Å². The molecule has 0 unspecified atom stereocenters. The quantitative estimate of drug-likeness (QED) is 0.849. The first kappa shape index (κ1) is 15.1. The molecule has 0 bridgehead atoms. The molecule has 0 aliphatic heterocycles. The zero-order valence-corrected chi connectivity index (χ0v) is 11.5. The number of anilines is 2. The summed E-state index contributed by atoms with van der Waals surface area (Å²) in [5.41, 5.74) is -0.183. The fourth-order valence-corrected chi connectivity index (χ4v) is 2.82. The molecule has 2 rings (SSSR count). The third-order valence-corrected chi connectivity index (χ3v) is 3.99. The molecular formula is C12H10F3N3O2S. The van der Waals surface area contributed by atoms with Gasteiger partial charge in [0.2, 0.25) is 0 Å². The number of nitrogens with one attached hydrogen (secondary N) is 2. The van der Waals surface area contributed by atoms with E-state index in [1.807, 2.05) is 4.72 Å². The fraction of sp³-hybridized carbons (Fsp3) is 0.0833. The highest BCUT2D eigenvalue weighted by Crippen LogP contribution is 2.24. The minimum absolute atomic E-state index is 0.211. The first-order valence-corrected chi connectivity index (χ1v) is 7.12. The summed E-state index contributed by atoms with van der Waals surface area (Å²) in [7, 11) is -2.63. The summed E-state index contributed by atoms with van der Waals surface area (Å²) < 4.78 is 65.3. The van der Waals surface area contributed by atoms with Gasteiger partial charge in [0.1, 0.15) is 4.90 Å². The molecule has 0 atom stereocenters. The maximum absolute atomic E-state index is 13.1. The zero-order chi connectivity index (χ0) is 15.6.